The van der Waals surface area contributed by atoms with E-state index in [1.165, 1.54) is 0 Å². The van der Waals surface area contributed by atoms with Crippen molar-refractivity contribution in [3.8, 4) is 5.88 Å². The molecule has 1 aromatic heterocycles. The molecule has 0 spiro atoms. The summed E-state index contributed by atoms with van der Waals surface area (Å²) in [6.45, 7) is 6.32. The van der Waals surface area contributed by atoms with Crippen LogP contribution in [0.5, 0.6) is 5.88 Å². The van der Waals surface area contributed by atoms with Gasteiger partial charge in [0.1, 0.15) is 6.10 Å². The third kappa shape index (κ3) is 3.43. The Morgan fingerprint density at radius 3 is 2.72 bits per heavy atom. The van der Waals surface area contributed by atoms with E-state index in [1.807, 2.05) is 6.07 Å². The molecule has 0 atom stereocenters. The molecule has 1 saturated heterocycles. The molecule has 1 aliphatic rings. The minimum absolute atomic E-state index is 0.222. The van der Waals surface area contributed by atoms with Crippen molar-refractivity contribution in [1.29, 1.82) is 0 Å². The highest BCUT2D eigenvalue weighted by atomic mass is 16.5. The molecule has 18 heavy (non-hydrogen) atoms. The van der Waals surface area contributed by atoms with Gasteiger partial charge in [0, 0.05) is 31.1 Å². The Bertz CT molecular complexity index is 387. The quantitative estimate of drug-likeness (QED) is 0.890. The molecule has 4 nitrogen and oxygen atoms in total. The number of nitrogens with zero attached hydrogens (tertiary/aromatic N) is 1. The van der Waals surface area contributed by atoms with Gasteiger partial charge in [0.15, 0.2) is 0 Å². The molecule has 100 valence electrons. The van der Waals surface area contributed by atoms with Crippen LogP contribution in [0.4, 0.5) is 0 Å². The smallest absolute Gasteiger partial charge is 0.214 e. The lowest BCUT2D eigenvalue weighted by molar-refractivity contribution is 0.0236. The molecule has 1 aromatic rings. The highest BCUT2D eigenvalue weighted by Crippen LogP contribution is 2.21. The number of hydrogen-bond acceptors (Lipinski definition) is 4. The zero-order chi connectivity index (χ0) is 13.0. The Morgan fingerprint density at radius 2 is 2.11 bits per heavy atom. The highest BCUT2D eigenvalue weighted by molar-refractivity contribution is 5.26. The largest absolute Gasteiger partial charge is 0.474 e. The molecule has 0 radical (unpaired) electrons. The summed E-state index contributed by atoms with van der Waals surface area (Å²) in [5, 5.41) is 0. The molecule has 0 aliphatic carbocycles. The first-order chi connectivity index (χ1) is 8.69. The molecule has 1 aliphatic heterocycles. The van der Waals surface area contributed by atoms with Crippen LogP contribution in [-0.2, 0) is 11.3 Å². The zero-order valence-electron chi connectivity index (χ0n) is 11.2. The second-order valence-corrected chi connectivity index (χ2v) is 5.03. The van der Waals surface area contributed by atoms with Crippen molar-refractivity contribution < 1.29 is 9.47 Å². The van der Waals surface area contributed by atoms with Crippen LogP contribution < -0.4 is 10.5 Å². The molecule has 0 unspecified atom stereocenters. The molecular weight excluding hydrogens is 228 g/mol. The first kappa shape index (κ1) is 13.3. The standard InChI is InChI=1S/C14H22N2O2/c1-10(2)13-7-11(9-15)8-14(16-13)18-12-3-5-17-6-4-12/h7-8,10,12H,3-6,9,15H2,1-2H3. The minimum Gasteiger partial charge on any atom is -0.474 e. The first-order valence-electron chi connectivity index (χ1n) is 6.64. The Kier molecular flexibility index (Phi) is 4.55. The molecule has 1 fully saturated rings. The number of rotatable bonds is 4. The van der Waals surface area contributed by atoms with Crippen molar-refractivity contribution in [2.75, 3.05) is 13.2 Å². The third-order valence-electron chi connectivity index (χ3n) is 3.16. The van der Waals surface area contributed by atoms with E-state index in [0.717, 1.165) is 37.3 Å². The summed E-state index contributed by atoms with van der Waals surface area (Å²) >= 11 is 0. The van der Waals surface area contributed by atoms with Crippen LogP contribution in [0.1, 0.15) is 43.9 Å². The summed E-state index contributed by atoms with van der Waals surface area (Å²) in [5.41, 5.74) is 7.84. The summed E-state index contributed by atoms with van der Waals surface area (Å²) < 4.78 is 11.3. The van der Waals surface area contributed by atoms with Crippen LogP contribution in [0.2, 0.25) is 0 Å². The van der Waals surface area contributed by atoms with E-state index in [2.05, 4.69) is 24.9 Å². The van der Waals surface area contributed by atoms with Gasteiger partial charge in [-0.2, -0.15) is 0 Å². The van der Waals surface area contributed by atoms with E-state index in [9.17, 15) is 0 Å². The van der Waals surface area contributed by atoms with Gasteiger partial charge in [0.25, 0.3) is 0 Å². The molecule has 0 bridgehead atoms. The monoisotopic (exact) mass is 250 g/mol. The maximum atomic E-state index is 5.94. The van der Waals surface area contributed by atoms with Crippen LogP contribution in [0.25, 0.3) is 0 Å². The predicted molar refractivity (Wildman–Crippen MR) is 70.7 cm³/mol. The normalized spacial score (nSPS) is 17.1. The van der Waals surface area contributed by atoms with Gasteiger partial charge >= 0.3 is 0 Å². The van der Waals surface area contributed by atoms with Crippen molar-refractivity contribution in [3.05, 3.63) is 23.4 Å². The summed E-state index contributed by atoms with van der Waals surface area (Å²) in [4.78, 5) is 4.56. The molecule has 2 rings (SSSR count). The van der Waals surface area contributed by atoms with E-state index in [-0.39, 0.29) is 6.10 Å². The fraction of sp³-hybridized carbons (Fsp3) is 0.643. The maximum absolute atomic E-state index is 5.94. The second kappa shape index (κ2) is 6.16. The Morgan fingerprint density at radius 1 is 1.39 bits per heavy atom. The van der Waals surface area contributed by atoms with Gasteiger partial charge in [0.05, 0.1) is 13.2 Å². The SMILES string of the molecule is CC(C)c1cc(CN)cc(OC2CCOCC2)n1. The summed E-state index contributed by atoms with van der Waals surface area (Å²) in [6, 6.07) is 4.00. The molecule has 0 aromatic carbocycles. The number of nitrogens with two attached hydrogens (primary N) is 1. The highest BCUT2D eigenvalue weighted by Gasteiger charge is 2.16. The van der Waals surface area contributed by atoms with Gasteiger partial charge in [-0.3, -0.25) is 0 Å². The average Bonchev–Trinajstić information content (AvgIpc) is 2.39. The second-order valence-electron chi connectivity index (χ2n) is 5.03. The predicted octanol–water partition coefficient (Wildman–Crippen LogP) is 2.22. The zero-order valence-corrected chi connectivity index (χ0v) is 11.2. The van der Waals surface area contributed by atoms with E-state index < -0.39 is 0 Å². The Balaban J connectivity index is 2.12. The molecule has 2 N–H and O–H groups in total. The molecule has 0 amide bonds. The van der Waals surface area contributed by atoms with Gasteiger partial charge in [-0.05, 0) is 17.5 Å². The molecule has 0 saturated carbocycles. The topological polar surface area (TPSA) is 57.4 Å². The van der Waals surface area contributed by atoms with Crippen LogP contribution in [0.3, 0.4) is 0 Å². The van der Waals surface area contributed by atoms with Crippen molar-refractivity contribution in [2.24, 2.45) is 5.73 Å². The van der Waals surface area contributed by atoms with Crippen LogP contribution in [0.15, 0.2) is 12.1 Å². The number of hydrogen-bond donors (Lipinski definition) is 1. The van der Waals surface area contributed by atoms with Gasteiger partial charge in [-0.15, -0.1) is 0 Å². The first-order valence-corrected chi connectivity index (χ1v) is 6.64. The van der Waals surface area contributed by atoms with E-state index >= 15 is 0 Å². The summed E-state index contributed by atoms with van der Waals surface area (Å²) in [7, 11) is 0. The van der Waals surface area contributed by atoms with Crippen molar-refractivity contribution in [3.63, 3.8) is 0 Å². The molecular formula is C14H22N2O2. The molecule has 2 heterocycles. The van der Waals surface area contributed by atoms with E-state index in [1.54, 1.807) is 0 Å². The maximum Gasteiger partial charge on any atom is 0.214 e. The number of pyridine rings is 1. The van der Waals surface area contributed by atoms with Crippen molar-refractivity contribution in [2.45, 2.75) is 45.3 Å². The van der Waals surface area contributed by atoms with Crippen LogP contribution in [-0.4, -0.2) is 24.3 Å². The summed E-state index contributed by atoms with van der Waals surface area (Å²) in [6.07, 6.45) is 2.09. The lowest BCUT2D eigenvalue weighted by Gasteiger charge is -2.23. The fourth-order valence-electron chi connectivity index (χ4n) is 2.02. The average molecular weight is 250 g/mol. The summed E-state index contributed by atoms with van der Waals surface area (Å²) in [5.74, 6) is 1.09. The number of aromatic nitrogens is 1. The van der Waals surface area contributed by atoms with Gasteiger partial charge in [-0.1, -0.05) is 13.8 Å². The van der Waals surface area contributed by atoms with Crippen LogP contribution >= 0.6 is 0 Å². The fourth-order valence-corrected chi connectivity index (χ4v) is 2.02. The van der Waals surface area contributed by atoms with Gasteiger partial charge < -0.3 is 15.2 Å². The van der Waals surface area contributed by atoms with E-state index in [0.29, 0.717) is 18.3 Å². The Labute approximate surface area is 108 Å². The van der Waals surface area contributed by atoms with Gasteiger partial charge in [0.2, 0.25) is 5.88 Å². The van der Waals surface area contributed by atoms with Crippen LogP contribution in [0, 0.1) is 0 Å². The van der Waals surface area contributed by atoms with Crippen molar-refractivity contribution in [1.82, 2.24) is 4.98 Å². The third-order valence-corrected chi connectivity index (χ3v) is 3.16. The van der Waals surface area contributed by atoms with E-state index in [4.69, 9.17) is 15.2 Å². The van der Waals surface area contributed by atoms with Crippen molar-refractivity contribution >= 4 is 0 Å². The van der Waals surface area contributed by atoms with Gasteiger partial charge in [-0.25, -0.2) is 4.98 Å². The lowest BCUT2D eigenvalue weighted by Crippen LogP contribution is -2.26. The lowest BCUT2D eigenvalue weighted by atomic mass is 10.1. The minimum atomic E-state index is 0.222. The molecule has 4 heteroatoms. The number of ether oxygens (including phenoxy) is 2. The Hall–Kier alpha value is -1.13.